The van der Waals surface area contributed by atoms with E-state index in [1.165, 1.54) is 24.5 Å². The van der Waals surface area contributed by atoms with Crippen LogP contribution in [0.2, 0.25) is 10.2 Å². The highest BCUT2D eigenvalue weighted by molar-refractivity contribution is 6.34. The smallest absolute Gasteiger partial charge is 0.260 e. The van der Waals surface area contributed by atoms with Crippen molar-refractivity contribution in [2.45, 2.75) is 0 Å². The molecule has 5 nitrogen and oxygen atoms in total. The van der Waals surface area contributed by atoms with Crippen LogP contribution in [0.25, 0.3) is 0 Å². The Labute approximate surface area is 118 Å². The van der Waals surface area contributed by atoms with Gasteiger partial charge < -0.3 is 15.5 Å². The first-order valence-electron chi connectivity index (χ1n) is 5.12. The monoisotopic (exact) mass is 298 g/mol. The quantitative estimate of drug-likeness (QED) is 0.913. The van der Waals surface area contributed by atoms with E-state index < -0.39 is 11.8 Å². The van der Waals surface area contributed by atoms with Crippen molar-refractivity contribution in [1.82, 2.24) is 0 Å². The molecule has 0 unspecified atom stereocenters. The summed E-state index contributed by atoms with van der Waals surface area (Å²) >= 11 is 11.5. The van der Waals surface area contributed by atoms with Crippen LogP contribution in [0.4, 0.5) is 5.69 Å². The van der Waals surface area contributed by atoms with Gasteiger partial charge in [0.1, 0.15) is 0 Å². The molecule has 0 aliphatic carbocycles. The third kappa shape index (κ3) is 2.89. The summed E-state index contributed by atoms with van der Waals surface area (Å²) in [7, 11) is 0. The summed E-state index contributed by atoms with van der Waals surface area (Å²) in [5.74, 6) is -1.14. The van der Waals surface area contributed by atoms with Crippen molar-refractivity contribution in [3.8, 4) is 0 Å². The third-order valence-corrected chi connectivity index (χ3v) is 2.97. The van der Waals surface area contributed by atoms with Crippen LogP contribution >= 0.6 is 23.2 Å². The third-order valence-electron chi connectivity index (χ3n) is 2.35. The Bertz CT molecular complexity index is 652. The molecule has 0 saturated heterocycles. The first-order valence-corrected chi connectivity index (χ1v) is 5.88. The lowest BCUT2D eigenvalue weighted by molar-refractivity contribution is 0.0996. The van der Waals surface area contributed by atoms with E-state index in [0.717, 1.165) is 0 Å². The summed E-state index contributed by atoms with van der Waals surface area (Å²) in [6.45, 7) is 0. The lowest BCUT2D eigenvalue weighted by atomic mass is 10.2. The molecule has 1 heterocycles. The fourth-order valence-electron chi connectivity index (χ4n) is 1.45. The Morgan fingerprint density at radius 3 is 2.47 bits per heavy atom. The highest BCUT2D eigenvalue weighted by atomic mass is 35.5. The van der Waals surface area contributed by atoms with Gasteiger partial charge in [0.15, 0.2) is 0 Å². The Hall–Kier alpha value is -1.98. The van der Waals surface area contributed by atoms with Gasteiger partial charge in [0.25, 0.3) is 5.91 Å². The molecule has 3 N–H and O–H groups in total. The number of primary amides is 1. The number of hydrogen-bond acceptors (Lipinski definition) is 3. The fourth-order valence-corrected chi connectivity index (χ4v) is 1.86. The predicted octanol–water partition coefficient (Wildman–Crippen LogP) is 2.94. The van der Waals surface area contributed by atoms with E-state index in [1.54, 1.807) is 6.07 Å². The van der Waals surface area contributed by atoms with Gasteiger partial charge in [0.2, 0.25) is 11.1 Å². The molecular weight excluding hydrogens is 291 g/mol. The molecule has 0 aliphatic rings. The molecule has 2 aromatic rings. The number of nitrogens with two attached hydrogens (primary N) is 1. The van der Waals surface area contributed by atoms with Crippen molar-refractivity contribution >= 4 is 40.7 Å². The number of halogens is 2. The standard InChI is InChI=1S/C12H8Cl2N2O3/c13-9-2-1-6(5-8(9)11(15)17)16-12(18)7-3-4-19-10(7)14/h1-5H,(H2,15,17)(H,16,18). The van der Waals surface area contributed by atoms with E-state index in [0.29, 0.717) is 5.69 Å². The molecule has 19 heavy (non-hydrogen) atoms. The van der Waals surface area contributed by atoms with E-state index in [9.17, 15) is 9.59 Å². The number of rotatable bonds is 3. The van der Waals surface area contributed by atoms with Crippen LogP contribution in [-0.4, -0.2) is 11.8 Å². The number of furan rings is 1. The largest absolute Gasteiger partial charge is 0.452 e. The van der Waals surface area contributed by atoms with Crippen molar-refractivity contribution < 1.29 is 14.0 Å². The number of benzene rings is 1. The first kappa shape index (κ1) is 13.5. The van der Waals surface area contributed by atoms with E-state index in [1.807, 2.05) is 0 Å². The molecule has 98 valence electrons. The zero-order chi connectivity index (χ0) is 14.0. The number of anilines is 1. The molecule has 0 fully saturated rings. The summed E-state index contributed by atoms with van der Waals surface area (Å²) in [4.78, 5) is 23.0. The normalized spacial score (nSPS) is 10.2. The molecule has 0 atom stereocenters. The summed E-state index contributed by atoms with van der Waals surface area (Å²) in [6, 6.07) is 5.83. The van der Waals surface area contributed by atoms with E-state index >= 15 is 0 Å². The highest BCUT2D eigenvalue weighted by Crippen LogP contribution is 2.22. The van der Waals surface area contributed by atoms with Crippen molar-refractivity contribution in [2.24, 2.45) is 5.73 Å². The average molecular weight is 299 g/mol. The maximum absolute atomic E-state index is 11.9. The van der Waals surface area contributed by atoms with Crippen molar-refractivity contribution in [3.05, 3.63) is 51.9 Å². The number of carbonyl (C=O) groups excluding carboxylic acids is 2. The maximum Gasteiger partial charge on any atom is 0.260 e. The molecule has 0 saturated carbocycles. The van der Waals surface area contributed by atoms with Gasteiger partial charge in [-0.25, -0.2) is 0 Å². The van der Waals surface area contributed by atoms with Crippen LogP contribution in [0, 0.1) is 0 Å². The second kappa shape index (κ2) is 5.34. The zero-order valence-corrected chi connectivity index (χ0v) is 11.0. The minimum atomic E-state index is -0.678. The van der Waals surface area contributed by atoms with Crippen molar-refractivity contribution in [1.29, 1.82) is 0 Å². The molecule has 0 spiro atoms. The predicted molar refractivity (Wildman–Crippen MR) is 71.6 cm³/mol. The average Bonchev–Trinajstić information content (AvgIpc) is 2.77. The molecule has 0 bridgehead atoms. The minimum absolute atomic E-state index is 0.0124. The van der Waals surface area contributed by atoms with Crippen LogP contribution in [0.3, 0.4) is 0 Å². The molecule has 2 amide bonds. The zero-order valence-electron chi connectivity index (χ0n) is 9.44. The van der Waals surface area contributed by atoms with Crippen LogP contribution in [-0.2, 0) is 0 Å². The lowest BCUT2D eigenvalue weighted by Gasteiger charge is -2.06. The molecular formula is C12H8Cl2N2O3. The molecule has 1 aromatic carbocycles. The van der Waals surface area contributed by atoms with E-state index in [-0.39, 0.29) is 21.4 Å². The highest BCUT2D eigenvalue weighted by Gasteiger charge is 2.14. The van der Waals surface area contributed by atoms with Gasteiger partial charge in [0, 0.05) is 5.69 Å². The molecule has 0 aliphatic heterocycles. The van der Waals surface area contributed by atoms with Gasteiger partial charge in [-0.2, -0.15) is 0 Å². The van der Waals surface area contributed by atoms with E-state index in [4.69, 9.17) is 33.4 Å². The first-order chi connectivity index (χ1) is 8.99. The summed E-state index contributed by atoms with van der Waals surface area (Å²) in [6.07, 6.45) is 1.30. The van der Waals surface area contributed by atoms with Gasteiger partial charge in [-0.15, -0.1) is 0 Å². The molecule has 1 aromatic heterocycles. The second-order valence-corrected chi connectivity index (χ2v) is 4.37. The molecule has 2 rings (SSSR count). The van der Waals surface area contributed by atoms with Crippen molar-refractivity contribution in [2.75, 3.05) is 5.32 Å². The maximum atomic E-state index is 11.9. The van der Waals surface area contributed by atoms with Crippen LogP contribution in [0.5, 0.6) is 0 Å². The van der Waals surface area contributed by atoms with Crippen LogP contribution in [0.15, 0.2) is 34.9 Å². The number of amides is 2. The Morgan fingerprint density at radius 1 is 1.16 bits per heavy atom. The van der Waals surface area contributed by atoms with Crippen LogP contribution in [0.1, 0.15) is 20.7 Å². The fraction of sp³-hybridized carbons (Fsp3) is 0. The van der Waals surface area contributed by atoms with Gasteiger partial charge >= 0.3 is 0 Å². The van der Waals surface area contributed by atoms with E-state index in [2.05, 4.69) is 5.32 Å². The Kier molecular flexibility index (Phi) is 3.78. The topological polar surface area (TPSA) is 85.3 Å². The summed E-state index contributed by atoms with van der Waals surface area (Å²) in [5.41, 5.74) is 5.85. The SMILES string of the molecule is NC(=O)c1cc(NC(=O)c2ccoc2Cl)ccc1Cl. The number of hydrogen-bond donors (Lipinski definition) is 2. The second-order valence-electron chi connectivity index (χ2n) is 3.62. The van der Waals surface area contributed by atoms with Gasteiger partial charge in [-0.1, -0.05) is 11.6 Å². The van der Waals surface area contributed by atoms with Gasteiger partial charge in [0.05, 0.1) is 22.4 Å². The lowest BCUT2D eigenvalue weighted by Crippen LogP contribution is -2.14. The van der Waals surface area contributed by atoms with Crippen molar-refractivity contribution in [3.63, 3.8) is 0 Å². The van der Waals surface area contributed by atoms with Gasteiger partial charge in [-0.3, -0.25) is 9.59 Å². The Balaban J connectivity index is 2.25. The minimum Gasteiger partial charge on any atom is -0.452 e. The molecule has 0 radical (unpaired) electrons. The number of nitrogens with one attached hydrogen (secondary N) is 1. The molecule has 7 heteroatoms. The number of carbonyl (C=O) groups is 2. The van der Waals surface area contributed by atoms with Crippen LogP contribution < -0.4 is 11.1 Å². The summed E-state index contributed by atoms with van der Waals surface area (Å²) < 4.78 is 4.81. The van der Waals surface area contributed by atoms with Gasteiger partial charge in [-0.05, 0) is 35.9 Å². The Morgan fingerprint density at radius 2 is 1.89 bits per heavy atom. The summed E-state index contributed by atoms with van der Waals surface area (Å²) in [5, 5.41) is 2.76.